The van der Waals surface area contributed by atoms with E-state index in [0.29, 0.717) is 12.8 Å². The topological polar surface area (TPSA) is 56.1 Å². The van der Waals surface area contributed by atoms with E-state index in [1.54, 1.807) is 0 Å². The molecule has 18 heavy (non-hydrogen) atoms. The molecule has 96 valence electrons. The Morgan fingerprint density at radius 1 is 1.33 bits per heavy atom. The monoisotopic (exact) mass is 245 g/mol. The second-order valence-electron chi connectivity index (χ2n) is 4.82. The standard InChI is InChI=1S/C15H19NO2/c1-2-6-12(17)9-13(15(18)14-10-16-14)11-7-4-3-5-8-11/h3-5,7-8,13-14,16H,2,6,9-10H2,1H3. The van der Waals surface area contributed by atoms with Crippen molar-refractivity contribution in [1.29, 1.82) is 0 Å². The van der Waals surface area contributed by atoms with Gasteiger partial charge in [0.15, 0.2) is 5.78 Å². The van der Waals surface area contributed by atoms with Gasteiger partial charge in [-0.15, -0.1) is 0 Å². The van der Waals surface area contributed by atoms with Crippen LogP contribution >= 0.6 is 0 Å². The summed E-state index contributed by atoms with van der Waals surface area (Å²) in [6, 6.07) is 9.59. The molecule has 0 spiro atoms. The number of nitrogens with one attached hydrogen (secondary N) is 1. The molecule has 0 amide bonds. The molecule has 0 aliphatic carbocycles. The lowest BCUT2D eigenvalue weighted by molar-refractivity contribution is -0.125. The Labute approximate surface area is 108 Å². The number of rotatable bonds is 7. The van der Waals surface area contributed by atoms with Crippen LogP contribution in [0, 0.1) is 0 Å². The minimum absolute atomic E-state index is 0.0374. The molecule has 2 unspecified atom stereocenters. The number of Topliss-reactive ketones (excluding diaryl/α,β-unsaturated/α-hetero) is 2. The Morgan fingerprint density at radius 3 is 2.56 bits per heavy atom. The first-order valence-electron chi connectivity index (χ1n) is 6.56. The highest BCUT2D eigenvalue weighted by molar-refractivity contribution is 5.96. The van der Waals surface area contributed by atoms with Crippen LogP contribution in [0.5, 0.6) is 0 Å². The van der Waals surface area contributed by atoms with E-state index in [-0.39, 0.29) is 23.5 Å². The molecule has 3 heteroatoms. The molecule has 2 rings (SSSR count). The van der Waals surface area contributed by atoms with Gasteiger partial charge in [-0.2, -0.15) is 0 Å². The average molecular weight is 245 g/mol. The van der Waals surface area contributed by atoms with Crippen LogP contribution in [0.2, 0.25) is 0 Å². The number of hydrogen-bond donors (Lipinski definition) is 1. The molecule has 0 radical (unpaired) electrons. The van der Waals surface area contributed by atoms with Crippen LogP contribution in [0.1, 0.15) is 37.7 Å². The third-order valence-corrected chi connectivity index (χ3v) is 3.26. The highest BCUT2D eigenvalue weighted by Crippen LogP contribution is 2.25. The van der Waals surface area contributed by atoms with Gasteiger partial charge in [-0.05, 0) is 12.0 Å². The lowest BCUT2D eigenvalue weighted by atomic mass is 9.87. The van der Waals surface area contributed by atoms with Crippen molar-refractivity contribution in [2.75, 3.05) is 6.54 Å². The zero-order chi connectivity index (χ0) is 13.0. The molecule has 1 aromatic rings. The normalized spacial score (nSPS) is 19.3. The van der Waals surface area contributed by atoms with Gasteiger partial charge < -0.3 is 5.32 Å². The highest BCUT2D eigenvalue weighted by Gasteiger charge is 2.35. The summed E-state index contributed by atoms with van der Waals surface area (Å²) in [6.45, 7) is 2.74. The summed E-state index contributed by atoms with van der Waals surface area (Å²) >= 11 is 0. The van der Waals surface area contributed by atoms with Crippen molar-refractivity contribution < 1.29 is 9.59 Å². The summed E-state index contributed by atoms with van der Waals surface area (Å²) in [5.41, 5.74) is 0.959. The molecule has 0 aromatic heterocycles. The van der Waals surface area contributed by atoms with Gasteiger partial charge in [0.05, 0.1) is 12.0 Å². The third-order valence-electron chi connectivity index (χ3n) is 3.26. The zero-order valence-electron chi connectivity index (χ0n) is 10.7. The van der Waals surface area contributed by atoms with Gasteiger partial charge in [-0.1, -0.05) is 37.3 Å². The summed E-state index contributed by atoms with van der Waals surface area (Å²) in [5.74, 6) is 0.0660. The predicted molar refractivity (Wildman–Crippen MR) is 70.5 cm³/mol. The van der Waals surface area contributed by atoms with Crippen molar-refractivity contribution in [2.45, 2.75) is 38.1 Å². The minimum Gasteiger partial charge on any atom is -0.304 e. The minimum atomic E-state index is -0.273. The fourth-order valence-corrected chi connectivity index (χ4v) is 2.18. The number of ketones is 2. The second kappa shape index (κ2) is 5.91. The van der Waals surface area contributed by atoms with E-state index < -0.39 is 0 Å². The summed E-state index contributed by atoms with van der Waals surface area (Å²) in [4.78, 5) is 24.0. The Kier molecular flexibility index (Phi) is 4.26. The van der Waals surface area contributed by atoms with Gasteiger partial charge in [0.2, 0.25) is 0 Å². The van der Waals surface area contributed by atoms with Gasteiger partial charge in [0.1, 0.15) is 5.78 Å². The van der Waals surface area contributed by atoms with Crippen LogP contribution in [0.4, 0.5) is 0 Å². The van der Waals surface area contributed by atoms with Crippen molar-refractivity contribution in [3.05, 3.63) is 35.9 Å². The molecule has 1 N–H and O–H groups in total. The molecule has 2 atom stereocenters. The molecule has 1 aliphatic heterocycles. The molecule has 1 aromatic carbocycles. The number of carbonyl (C=O) groups is 2. The van der Waals surface area contributed by atoms with Gasteiger partial charge in [-0.3, -0.25) is 9.59 Å². The summed E-state index contributed by atoms with van der Waals surface area (Å²) in [7, 11) is 0. The van der Waals surface area contributed by atoms with Crippen LogP contribution < -0.4 is 5.32 Å². The first-order valence-corrected chi connectivity index (χ1v) is 6.56. The van der Waals surface area contributed by atoms with E-state index in [0.717, 1.165) is 18.5 Å². The maximum absolute atomic E-state index is 12.2. The fraction of sp³-hybridized carbons (Fsp3) is 0.467. The molecule has 3 nitrogen and oxygen atoms in total. The first kappa shape index (κ1) is 13.0. The van der Waals surface area contributed by atoms with E-state index in [2.05, 4.69) is 5.32 Å². The molecule has 0 saturated carbocycles. The van der Waals surface area contributed by atoms with Crippen LogP contribution in [-0.4, -0.2) is 24.2 Å². The van der Waals surface area contributed by atoms with E-state index in [1.807, 2.05) is 37.3 Å². The van der Waals surface area contributed by atoms with Gasteiger partial charge >= 0.3 is 0 Å². The van der Waals surface area contributed by atoms with E-state index in [9.17, 15) is 9.59 Å². The molecule has 1 saturated heterocycles. The maximum Gasteiger partial charge on any atom is 0.158 e. The van der Waals surface area contributed by atoms with Crippen LogP contribution in [0.15, 0.2) is 30.3 Å². The van der Waals surface area contributed by atoms with Gasteiger partial charge in [-0.25, -0.2) is 0 Å². The van der Waals surface area contributed by atoms with Crippen LogP contribution in [-0.2, 0) is 9.59 Å². The quantitative estimate of drug-likeness (QED) is 0.748. The highest BCUT2D eigenvalue weighted by atomic mass is 16.1. The summed E-state index contributed by atoms with van der Waals surface area (Å²) < 4.78 is 0. The van der Waals surface area contributed by atoms with E-state index in [1.165, 1.54) is 0 Å². The number of benzene rings is 1. The smallest absolute Gasteiger partial charge is 0.158 e. The Balaban J connectivity index is 2.12. The number of carbonyl (C=O) groups excluding carboxylic acids is 2. The average Bonchev–Trinajstić information content (AvgIpc) is 3.21. The Bertz CT molecular complexity index is 423. The Hall–Kier alpha value is -1.48. The third kappa shape index (κ3) is 3.26. The second-order valence-corrected chi connectivity index (χ2v) is 4.82. The molecule has 1 fully saturated rings. The van der Waals surface area contributed by atoms with Crippen molar-refractivity contribution in [2.24, 2.45) is 0 Å². The molecular formula is C15H19NO2. The lowest BCUT2D eigenvalue weighted by Crippen LogP contribution is -2.22. The first-order chi connectivity index (χ1) is 8.72. The van der Waals surface area contributed by atoms with Gasteiger partial charge in [0, 0.05) is 19.4 Å². The summed E-state index contributed by atoms with van der Waals surface area (Å²) in [6.07, 6.45) is 1.75. The number of hydrogen-bond acceptors (Lipinski definition) is 3. The van der Waals surface area contributed by atoms with Crippen molar-refractivity contribution >= 4 is 11.6 Å². The van der Waals surface area contributed by atoms with Crippen molar-refractivity contribution in [1.82, 2.24) is 5.32 Å². The lowest BCUT2D eigenvalue weighted by Gasteiger charge is -2.14. The summed E-state index contributed by atoms with van der Waals surface area (Å²) in [5, 5.41) is 3.03. The SMILES string of the molecule is CCCC(=O)CC(C(=O)C1CN1)c1ccccc1. The maximum atomic E-state index is 12.2. The largest absolute Gasteiger partial charge is 0.304 e. The van der Waals surface area contributed by atoms with Gasteiger partial charge in [0.25, 0.3) is 0 Å². The van der Waals surface area contributed by atoms with Crippen molar-refractivity contribution in [3.8, 4) is 0 Å². The zero-order valence-corrected chi connectivity index (χ0v) is 10.7. The van der Waals surface area contributed by atoms with Crippen LogP contribution in [0.3, 0.4) is 0 Å². The Morgan fingerprint density at radius 2 is 2.00 bits per heavy atom. The van der Waals surface area contributed by atoms with Crippen molar-refractivity contribution in [3.63, 3.8) is 0 Å². The van der Waals surface area contributed by atoms with Crippen LogP contribution in [0.25, 0.3) is 0 Å². The van der Waals surface area contributed by atoms with E-state index in [4.69, 9.17) is 0 Å². The fourth-order valence-electron chi connectivity index (χ4n) is 2.18. The molecule has 1 heterocycles. The predicted octanol–water partition coefficient (Wildman–Crippen LogP) is 2.07. The van der Waals surface area contributed by atoms with E-state index >= 15 is 0 Å². The molecule has 1 aliphatic rings. The molecular weight excluding hydrogens is 226 g/mol. The molecule has 0 bridgehead atoms.